The van der Waals surface area contributed by atoms with E-state index in [4.69, 9.17) is 9.47 Å². The molecule has 64 valence electrons. The highest BCUT2D eigenvalue weighted by molar-refractivity contribution is 4.88. The molecule has 0 aliphatic carbocycles. The van der Waals surface area contributed by atoms with Gasteiger partial charge in [0.15, 0.2) is 0 Å². The van der Waals surface area contributed by atoms with Crippen LogP contribution >= 0.6 is 0 Å². The van der Waals surface area contributed by atoms with Crippen molar-refractivity contribution in [1.29, 1.82) is 0 Å². The summed E-state index contributed by atoms with van der Waals surface area (Å²) < 4.78 is 10.7. The van der Waals surface area contributed by atoms with Crippen LogP contribution in [0.3, 0.4) is 0 Å². The van der Waals surface area contributed by atoms with Crippen LogP contribution in [0.25, 0.3) is 0 Å². The Bertz CT molecular complexity index is 131. The Balaban J connectivity index is 1.81. The van der Waals surface area contributed by atoms with Gasteiger partial charge >= 0.3 is 0 Å². The topological polar surface area (TPSA) is 18.5 Å². The predicted octanol–water partition coefficient (Wildman–Crippen LogP) is 1.59. The molecule has 2 saturated heterocycles. The monoisotopic (exact) mass is 156 g/mol. The fourth-order valence-corrected chi connectivity index (χ4v) is 1.79. The van der Waals surface area contributed by atoms with Crippen molar-refractivity contribution in [2.75, 3.05) is 19.8 Å². The highest BCUT2D eigenvalue weighted by Gasteiger charge is 2.40. The molecule has 0 saturated carbocycles. The van der Waals surface area contributed by atoms with E-state index in [1.807, 2.05) is 0 Å². The second kappa shape index (κ2) is 2.76. The molecule has 0 aromatic carbocycles. The van der Waals surface area contributed by atoms with Gasteiger partial charge in [0.2, 0.25) is 0 Å². The van der Waals surface area contributed by atoms with Crippen LogP contribution in [-0.2, 0) is 9.47 Å². The smallest absolute Gasteiger partial charge is 0.0604 e. The lowest BCUT2D eigenvalue weighted by Gasteiger charge is -2.44. The average molecular weight is 156 g/mol. The molecule has 0 radical (unpaired) electrons. The van der Waals surface area contributed by atoms with Crippen molar-refractivity contribution in [1.82, 2.24) is 0 Å². The molecule has 2 nitrogen and oxygen atoms in total. The average Bonchev–Trinajstić information content (AvgIpc) is 1.83. The van der Waals surface area contributed by atoms with E-state index < -0.39 is 0 Å². The molecule has 0 aromatic heterocycles. The first-order valence-electron chi connectivity index (χ1n) is 4.54. The number of hydrogen-bond donors (Lipinski definition) is 0. The maximum absolute atomic E-state index is 5.41. The Kier molecular flexibility index (Phi) is 1.90. The first kappa shape index (κ1) is 7.56. The third-order valence-electron chi connectivity index (χ3n) is 3.02. The van der Waals surface area contributed by atoms with Gasteiger partial charge < -0.3 is 9.47 Å². The third-order valence-corrected chi connectivity index (χ3v) is 3.02. The summed E-state index contributed by atoms with van der Waals surface area (Å²) in [6, 6.07) is 0. The summed E-state index contributed by atoms with van der Waals surface area (Å²) in [5, 5.41) is 0. The van der Waals surface area contributed by atoms with Crippen LogP contribution in [0, 0.1) is 5.41 Å². The van der Waals surface area contributed by atoms with Crippen molar-refractivity contribution in [2.24, 2.45) is 5.41 Å². The van der Waals surface area contributed by atoms with Crippen molar-refractivity contribution in [2.45, 2.75) is 32.3 Å². The van der Waals surface area contributed by atoms with Crippen molar-refractivity contribution >= 4 is 0 Å². The Morgan fingerprint density at radius 1 is 1.45 bits per heavy atom. The van der Waals surface area contributed by atoms with Gasteiger partial charge in [-0.3, -0.25) is 0 Å². The number of rotatable bonds is 3. The first-order valence-corrected chi connectivity index (χ1v) is 4.54. The molecule has 2 aliphatic heterocycles. The number of hydrogen-bond acceptors (Lipinski definition) is 2. The Labute approximate surface area is 67.9 Å². The minimum atomic E-state index is 0.491. The van der Waals surface area contributed by atoms with Crippen LogP contribution in [0.5, 0.6) is 0 Å². The summed E-state index contributed by atoms with van der Waals surface area (Å²) in [7, 11) is 0. The van der Waals surface area contributed by atoms with E-state index >= 15 is 0 Å². The maximum atomic E-state index is 5.41. The van der Waals surface area contributed by atoms with Crippen LogP contribution in [0.4, 0.5) is 0 Å². The standard InChI is InChI=1S/C9H16O2/c1-2-9(6-10-7-9)5-8-3-4-11-8/h8H,2-7H2,1H3. The zero-order chi connectivity index (χ0) is 7.73. The van der Waals surface area contributed by atoms with E-state index in [0.717, 1.165) is 19.8 Å². The second-order valence-electron chi connectivity index (χ2n) is 3.83. The first-order chi connectivity index (χ1) is 5.35. The Morgan fingerprint density at radius 2 is 2.18 bits per heavy atom. The highest BCUT2D eigenvalue weighted by atomic mass is 16.5. The molecular formula is C9H16O2. The van der Waals surface area contributed by atoms with Gasteiger partial charge in [0.25, 0.3) is 0 Å². The zero-order valence-corrected chi connectivity index (χ0v) is 7.14. The minimum absolute atomic E-state index is 0.491. The lowest BCUT2D eigenvalue weighted by Crippen LogP contribution is -2.46. The van der Waals surface area contributed by atoms with Crippen molar-refractivity contribution < 1.29 is 9.47 Å². The molecule has 1 atom stereocenters. The van der Waals surface area contributed by atoms with E-state index in [0.29, 0.717) is 11.5 Å². The van der Waals surface area contributed by atoms with E-state index in [9.17, 15) is 0 Å². The van der Waals surface area contributed by atoms with Gasteiger partial charge in [-0.05, 0) is 19.3 Å². The molecule has 0 amide bonds. The summed E-state index contributed by atoms with van der Waals surface area (Å²) in [5.74, 6) is 0. The predicted molar refractivity (Wildman–Crippen MR) is 42.5 cm³/mol. The molecule has 2 rings (SSSR count). The molecule has 0 spiro atoms. The van der Waals surface area contributed by atoms with Gasteiger partial charge in [-0.15, -0.1) is 0 Å². The van der Waals surface area contributed by atoms with Gasteiger partial charge in [0.1, 0.15) is 0 Å². The quantitative estimate of drug-likeness (QED) is 0.617. The SMILES string of the molecule is CCC1(CC2CCO2)COC1. The second-order valence-corrected chi connectivity index (χ2v) is 3.83. The van der Waals surface area contributed by atoms with Gasteiger partial charge in [-0.1, -0.05) is 6.92 Å². The van der Waals surface area contributed by atoms with Crippen molar-refractivity contribution in [3.05, 3.63) is 0 Å². The molecule has 2 aliphatic rings. The highest BCUT2D eigenvalue weighted by Crippen LogP contribution is 2.38. The lowest BCUT2D eigenvalue weighted by molar-refractivity contribution is -0.161. The van der Waals surface area contributed by atoms with Crippen molar-refractivity contribution in [3.63, 3.8) is 0 Å². The third kappa shape index (κ3) is 1.30. The maximum Gasteiger partial charge on any atom is 0.0604 e. The van der Waals surface area contributed by atoms with Crippen LogP contribution < -0.4 is 0 Å². The zero-order valence-electron chi connectivity index (χ0n) is 7.14. The summed E-state index contributed by atoms with van der Waals surface area (Å²) in [6.07, 6.45) is 4.29. The summed E-state index contributed by atoms with van der Waals surface area (Å²) in [4.78, 5) is 0. The molecule has 0 bridgehead atoms. The molecule has 2 heteroatoms. The Morgan fingerprint density at radius 3 is 2.45 bits per heavy atom. The summed E-state index contributed by atoms with van der Waals surface area (Å²) >= 11 is 0. The fraction of sp³-hybridized carbons (Fsp3) is 1.00. The van der Waals surface area contributed by atoms with Gasteiger partial charge in [0, 0.05) is 12.0 Å². The van der Waals surface area contributed by atoms with E-state index in [2.05, 4.69) is 6.92 Å². The van der Waals surface area contributed by atoms with Gasteiger partial charge in [-0.2, -0.15) is 0 Å². The van der Waals surface area contributed by atoms with Crippen LogP contribution in [-0.4, -0.2) is 25.9 Å². The van der Waals surface area contributed by atoms with Crippen molar-refractivity contribution in [3.8, 4) is 0 Å². The number of ether oxygens (including phenoxy) is 2. The summed E-state index contributed by atoms with van der Waals surface area (Å²) in [5.41, 5.74) is 0.491. The minimum Gasteiger partial charge on any atom is -0.380 e. The fourth-order valence-electron chi connectivity index (χ4n) is 1.79. The normalized spacial score (nSPS) is 34.1. The van der Waals surface area contributed by atoms with Crippen LogP contribution in [0.1, 0.15) is 26.2 Å². The van der Waals surface area contributed by atoms with Gasteiger partial charge in [0.05, 0.1) is 19.3 Å². The lowest BCUT2D eigenvalue weighted by atomic mass is 9.77. The van der Waals surface area contributed by atoms with E-state index in [1.165, 1.54) is 19.3 Å². The van der Waals surface area contributed by atoms with Gasteiger partial charge in [-0.25, -0.2) is 0 Å². The molecule has 0 N–H and O–H groups in total. The van der Waals surface area contributed by atoms with E-state index in [-0.39, 0.29) is 0 Å². The van der Waals surface area contributed by atoms with E-state index in [1.54, 1.807) is 0 Å². The Hall–Kier alpha value is -0.0800. The summed E-state index contributed by atoms with van der Waals surface area (Å²) in [6.45, 7) is 5.15. The molecule has 1 unspecified atom stereocenters. The molecule has 11 heavy (non-hydrogen) atoms. The van der Waals surface area contributed by atoms with Crippen LogP contribution in [0.2, 0.25) is 0 Å². The molecule has 0 aromatic rings. The van der Waals surface area contributed by atoms with Crippen LogP contribution in [0.15, 0.2) is 0 Å². The molecular weight excluding hydrogens is 140 g/mol. The largest absolute Gasteiger partial charge is 0.380 e. The molecule has 2 fully saturated rings. The molecule has 2 heterocycles.